The van der Waals surface area contributed by atoms with E-state index in [4.69, 9.17) is 0 Å². The SMILES string of the molecule is Cc1cc([N+](=O)[O-])ccc1NC(=O)c1cccc(F)c1. The minimum absolute atomic E-state index is 0.0498. The highest BCUT2D eigenvalue weighted by atomic mass is 19.1. The zero-order valence-corrected chi connectivity index (χ0v) is 10.6. The number of nitrogens with one attached hydrogen (secondary N) is 1. The molecule has 0 atom stereocenters. The van der Waals surface area contributed by atoms with Gasteiger partial charge in [-0.1, -0.05) is 6.07 Å². The van der Waals surface area contributed by atoms with E-state index >= 15 is 0 Å². The van der Waals surface area contributed by atoms with Crippen LogP contribution in [0.25, 0.3) is 0 Å². The molecular weight excluding hydrogens is 263 g/mol. The number of rotatable bonds is 3. The molecule has 0 fully saturated rings. The second-order valence-corrected chi connectivity index (χ2v) is 4.22. The molecule has 5 nitrogen and oxygen atoms in total. The molecule has 0 aliphatic rings. The first-order chi connectivity index (χ1) is 9.47. The third-order valence-electron chi connectivity index (χ3n) is 2.76. The fraction of sp³-hybridized carbons (Fsp3) is 0.0714. The van der Waals surface area contributed by atoms with Crippen molar-refractivity contribution >= 4 is 17.3 Å². The topological polar surface area (TPSA) is 72.2 Å². The van der Waals surface area contributed by atoms with E-state index in [1.807, 2.05) is 0 Å². The van der Waals surface area contributed by atoms with E-state index in [9.17, 15) is 19.3 Å². The maximum absolute atomic E-state index is 13.0. The van der Waals surface area contributed by atoms with Crippen molar-refractivity contribution in [1.82, 2.24) is 0 Å². The molecule has 102 valence electrons. The van der Waals surface area contributed by atoms with Gasteiger partial charge in [0.2, 0.25) is 0 Å². The average molecular weight is 274 g/mol. The van der Waals surface area contributed by atoms with Gasteiger partial charge in [0.1, 0.15) is 5.82 Å². The van der Waals surface area contributed by atoms with Gasteiger partial charge in [-0.05, 0) is 36.8 Å². The number of nitrogens with zero attached hydrogens (tertiary/aromatic N) is 1. The van der Waals surface area contributed by atoms with Gasteiger partial charge in [0.05, 0.1) is 4.92 Å². The summed E-state index contributed by atoms with van der Waals surface area (Å²) in [6.45, 7) is 1.65. The Bertz CT molecular complexity index is 686. The van der Waals surface area contributed by atoms with Crippen LogP contribution in [-0.2, 0) is 0 Å². The van der Waals surface area contributed by atoms with Gasteiger partial charge >= 0.3 is 0 Å². The highest BCUT2D eigenvalue weighted by Gasteiger charge is 2.11. The quantitative estimate of drug-likeness (QED) is 0.689. The number of nitro benzene ring substituents is 1. The van der Waals surface area contributed by atoms with E-state index in [-0.39, 0.29) is 11.3 Å². The molecule has 20 heavy (non-hydrogen) atoms. The van der Waals surface area contributed by atoms with Crippen LogP contribution in [0.4, 0.5) is 15.8 Å². The third-order valence-corrected chi connectivity index (χ3v) is 2.76. The number of benzene rings is 2. The van der Waals surface area contributed by atoms with Gasteiger partial charge in [0, 0.05) is 23.4 Å². The van der Waals surface area contributed by atoms with Crippen molar-refractivity contribution < 1.29 is 14.1 Å². The van der Waals surface area contributed by atoms with Gasteiger partial charge in [-0.2, -0.15) is 0 Å². The van der Waals surface area contributed by atoms with Crippen LogP contribution in [-0.4, -0.2) is 10.8 Å². The summed E-state index contributed by atoms with van der Waals surface area (Å²) < 4.78 is 13.0. The number of anilines is 1. The van der Waals surface area contributed by atoms with E-state index in [2.05, 4.69) is 5.32 Å². The minimum atomic E-state index is -0.509. The van der Waals surface area contributed by atoms with Gasteiger partial charge < -0.3 is 5.32 Å². The summed E-state index contributed by atoms with van der Waals surface area (Å²) in [4.78, 5) is 22.0. The average Bonchev–Trinajstić information content (AvgIpc) is 2.40. The van der Waals surface area contributed by atoms with Gasteiger partial charge in [-0.25, -0.2) is 4.39 Å². The zero-order valence-electron chi connectivity index (χ0n) is 10.6. The Kier molecular flexibility index (Phi) is 3.74. The summed E-state index contributed by atoms with van der Waals surface area (Å²) in [5.74, 6) is -0.973. The van der Waals surface area contributed by atoms with Crippen LogP contribution < -0.4 is 5.32 Å². The van der Waals surface area contributed by atoms with Crippen molar-refractivity contribution in [3.63, 3.8) is 0 Å². The fourth-order valence-corrected chi connectivity index (χ4v) is 1.73. The number of hydrogen-bond acceptors (Lipinski definition) is 3. The highest BCUT2D eigenvalue weighted by Crippen LogP contribution is 2.21. The molecule has 0 radical (unpaired) electrons. The summed E-state index contributed by atoms with van der Waals surface area (Å²) in [5.41, 5.74) is 1.14. The Balaban J connectivity index is 2.22. The number of carbonyl (C=O) groups excluding carboxylic acids is 1. The Morgan fingerprint density at radius 3 is 2.60 bits per heavy atom. The number of amides is 1. The molecule has 2 aromatic rings. The number of halogens is 1. The lowest BCUT2D eigenvalue weighted by Gasteiger charge is -2.08. The monoisotopic (exact) mass is 274 g/mol. The lowest BCUT2D eigenvalue weighted by molar-refractivity contribution is -0.384. The van der Waals surface area contributed by atoms with Gasteiger partial charge in [0.25, 0.3) is 11.6 Å². The van der Waals surface area contributed by atoms with Gasteiger partial charge in [-0.15, -0.1) is 0 Å². The maximum Gasteiger partial charge on any atom is 0.269 e. The summed E-state index contributed by atoms with van der Waals surface area (Å²) >= 11 is 0. The molecule has 0 saturated heterocycles. The van der Waals surface area contributed by atoms with E-state index in [1.54, 1.807) is 6.92 Å². The lowest BCUT2D eigenvalue weighted by Crippen LogP contribution is -2.13. The van der Waals surface area contributed by atoms with Crippen LogP contribution in [0.15, 0.2) is 42.5 Å². The molecule has 0 aliphatic heterocycles. The fourth-order valence-electron chi connectivity index (χ4n) is 1.73. The lowest BCUT2D eigenvalue weighted by atomic mass is 10.1. The third kappa shape index (κ3) is 2.97. The van der Waals surface area contributed by atoms with E-state index < -0.39 is 16.6 Å². The normalized spacial score (nSPS) is 10.1. The van der Waals surface area contributed by atoms with Crippen molar-refractivity contribution in [3.05, 3.63) is 69.5 Å². The number of hydrogen-bond donors (Lipinski definition) is 1. The van der Waals surface area contributed by atoms with E-state index in [1.165, 1.54) is 36.4 Å². The molecule has 1 amide bonds. The van der Waals surface area contributed by atoms with Gasteiger partial charge in [0.15, 0.2) is 0 Å². The van der Waals surface area contributed by atoms with Gasteiger partial charge in [-0.3, -0.25) is 14.9 Å². The molecular formula is C14H11FN2O3. The molecule has 0 saturated carbocycles. The molecule has 6 heteroatoms. The Morgan fingerprint density at radius 1 is 1.25 bits per heavy atom. The Hall–Kier alpha value is -2.76. The van der Waals surface area contributed by atoms with Crippen molar-refractivity contribution in [2.24, 2.45) is 0 Å². The first-order valence-electron chi connectivity index (χ1n) is 5.79. The number of non-ortho nitro benzene ring substituents is 1. The zero-order chi connectivity index (χ0) is 14.7. The smallest absolute Gasteiger partial charge is 0.269 e. The van der Waals surface area contributed by atoms with Crippen molar-refractivity contribution in [1.29, 1.82) is 0 Å². The van der Waals surface area contributed by atoms with E-state index in [0.717, 1.165) is 6.07 Å². The maximum atomic E-state index is 13.0. The van der Waals surface area contributed by atoms with Crippen LogP contribution >= 0.6 is 0 Å². The second-order valence-electron chi connectivity index (χ2n) is 4.22. The summed E-state index contributed by atoms with van der Waals surface area (Å²) in [6, 6.07) is 9.40. The second kappa shape index (κ2) is 5.48. The number of carbonyl (C=O) groups is 1. The largest absolute Gasteiger partial charge is 0.322 e. The molecule has 0 aromatic heterocycles. The van der Waals surface area contributed by atoms with Crippen LogP contribution in [0, 0.1) is 22.9 Å². The predicted molar refractivity (Wildman–Crippen MR) is 72.2 cm³/mol. The molecule has 0 aliphatic carbocycles. The van der Waals surface area contributed by atoms with Crippen molar-refractivity contribution in [3.8, 4) is 0 Å². The highest BCUT2D eigenvalue weighted by molar-refractivity contribution is 6.04. The minimum Gasteiger partial charge on any atom is -0.322 e. The molecule has 0 unspecified atom stereocenters. The molecule has 2 aromatic carbocycles. The summed E-state index contributed by atoms with van der Waals surface area (Å²) in [7, 11) is 0. The van der Waals surface area contributed by atoms with Crippen molar-refractivity contribution in [2.75, 3.05) is 5.32 Å². The number of aryl methyl sites for hydroxylation is 1. The molecule has 0 heterocycles. The Morgan fingerprint density at radius 2 is 2.00 bits per heavy atom. The van der Waals surface area contributed by atoms with Crippen LogP contribution in [0.1, 0.15) is 15.9 Å². The van der Waals surface area contributed by atoms with Crippen molar-refractivity contribution in [2.45, 2.75) is 6.92 Å². The first kappa shape index (κ1) is 13.7. The van der Waals surface area contributed by atoms with Crippen LogP contribution in [0.3, 0.4) is 0 Å². The summed E-state index contributed by atoms with van der Waals surface area (Å²) in [6.07, 6.45) is 0. The summed E-state index contributed by atoms with van der Waals surface area (Å²) in [5, 5.41) is 13.2. The molecule has 0 spiro atoms. The first-order valence-corrected chi connectivity index (χ1v) is 5.79. The van der Waals surface area contributed by atoms with Crippen LogP contribution in [0.2, 0.25) is 0 Å². The molecule has 0 bridgehead atoms. The standard InChI is InChI=1S/C14H11FN2O3/c1-9-7-12(17(19)20)5-6-13(9)16-14(18)10-3-2-4-11(15)8-10/h2-8H,1H3,(H,16,18). The van der Waals surface area contributed by atoms with Crippen LogP contribution in [0.5, 0.6) is 0 Å². The molecule has 2 rings (SSSR count). The number of nitro groups is 1. The predicted octanol–water partition coefficient (Wildman–Crippen LogP) is 3.29. The van der Waals surface area contributed by atoms with E-state index in [0.29, 0.717) is 11.3 Å². The Labute approximate surface area is 114 Å². The molecule has 1 N–H and O–H groups in total.